The van der Waals surface area contributed by atoms with Gasteiger partial charge in [0.2, 0.25) is 5.91 Å². The lowest BCUT2D eigenvalue weighted by Crippen LogP contribution is -2.53. The molecule has 0 spiro atoms. The monoisotopic (exact) mass is 385 g/mol. The number of aliphatic imine (C=N–C) groups is 1. The average Bonchev–Trinajstić information content (AvgIpc) is 2.65. The van der Waals surface area contributed by atoms with Gasteiger partial charge >= 0.3 is 0 Å². The summed E-state index contributed by atoms with van der Waals surface area (Å²) in [6.45, 7) is 3.77. The number of rotatable bonds is 4. The van der Waals surface area contributed by atoms with E-state index in [1.807, 2.05) is 19.9 Å². The lowest BCUT2D eigenvalue weighted by molar-refractivity contribution is -0.126. The molecule has 0 aliphatic carbocycles. The fraction of sp³-hybridized carbons (Fsp3) is 0.263. The number of carbonyl (C=O) groups is 2. The van der Waals surface area contributed by atoms with Crippen molar-refractivity contribution in [1.82, 2.24) is 10.3 Å². The second kappa shape index (κ2) is 7.36. The Balaban J connectivity index is 1.94. The summed E-state index contributed by atoms with van der Waals surface area (Å²) in [6.07, 6.45) is 0.579. The molecular formula is C19H20ClN5O2. The van der Waals surface area contributed by atoms with E-state index < -0.39 is 11.5 Å². The number of anilines is 1. The predicted octanol–water partition coefficient (Wildman–Crippen LogP) is 2.67. The minimum atomic E-state index is -0.790. The van der Waals surface area contributed by atoms with Gasteiger partial charge in [-0.15, -0.1) is 0 Å². The van der Waals surface area contributed by atoms with Gasteiger partial charge in [0, 0.05) is 5.69 Å². The van der Waals surface area contributed by atoms with Crippen LogP contribution in [0.3, 0.4) is 0 Å². The first-order chi connectivity index (χ1) is 12.9. The highest BCUT2D eigenvalue weighted by Crippen LogP contribution is 2.40. The smallest absolute Gasteiger partial charge is 0.274 e. The van der Waals surface area contributed by atoms with E-state index in [-0.39, 0.29) is 28.6 Å². The summed E-state index contributed by atoms with van der Waals surface area (Å²) < 4.78 is 0. The number of nitrogens with two attached hydrogens (primary N) is 1. The number of nitrogens with zero attached hydrogens (tertiary/aromatic N) is 2. The number of aromatic nitrogens is 1. The molecule has 3 rings (SSSR count). The lowest BCUT2D eigenvalue weighted by Gasteiger charge is -2.38. The number of hydrogen-bond acceptors (Lipinski definition) is 5. The minimum Gasteiger partial charge on any atom is -0.370 e. The van der Waals surface area contributed by atoms with Crippen molar-refractivity contribution in [3.8, 4) is 0 Å². The maximum atomic E-state index is 12.4. The first kappa shape index (κ1) is 18.8. The van der Waals surface area contributed by atoms with Gasteiger partial charge in [-0.1, -0.05) is 43.6 Å². The summed E-state index contributed by atoms with van der Waals surface area (Å²) in [7, 11) is 0. The zero-order chi connectivity index (χ0) is 19.6. The Morgan fingerprint density at radius 3 is 2.78 bits per heavy atom. The van der Waals surface area contributed by atoms with E-state index in [0.29, 0.717) is 12.1 Å². The van der Waals surface area contributed by atoms with Crippen LogP contribution in [0.15, 0.2) is 47.5 Å². The SMILES string of the molecule is CC[C@]1(c2cccc(NC(=O)c3cccc(Cl)n3)c2)N=C(N)NC(=O)C1C. The van der Waals surface area contributed by atoms with Gasteiger partial charge in [-0.05, 0) is 36.2 Å². The van der Waals surface area contributed by atoms with Crippen molar-refractivity contribution in [3.63, 3.8) is 0 Å². The Morgan fingerprint density at radius 2 is 2.07 bits per heavy atom. The van der Waals surface area contributed by atoms with Crippen molar-refractivity contribution in [1.29, 1.82) is 0 Å². The normalized spacial score (nSPS) is 22.0. The number of pyridine rings is 1. The molecule has 0 saturated heterocycles. The highest BCUT2D eigenvalue weighted by molar-refractivity contribution is 6.29. The van der Waals surface area contributed by atoms with Crippen LogP contribution >= 0.6 is 11.6 Å². The molecular weight excluding hydrogens is 366 g/mol. The molecule has 2 atom stereocenters. The Hall–Kier alpha value is -2.93. The Labute approximate surface area is 162 Å². The summed E-state index contributed by atoms with van der Waals surface area (Å²) >= 11 is 5.84. The molecule has 0 bridgehead atoms. The largest absolute Gasteiger partial charge is 0.370 e. The van der Waals surface area contributed by atoms with Crippen molar-refractivity contribution in [2.45, 2.75) is 25.8 Å². The van der Waals surface area contributed by atoms with Crippen LogP contribution in [0.4, 0.5) is 5.69 Å². The molecule has 0 fully saturated rings. The maximum Gasteiger partial charge on any atom is 0.274 e. The quantitative estimate of drug-likeness (QED) is 0.703. The van der Waals surface area contributed by atoms with Gasteiger partial charge in [0.1, 0.15) is 16.4 Å². The van der Waals surface area contributed by atoms with Gasteiger partial charge in [0.15, 0.2) is 5.96 Å². The van der Waals surface area contributed by atoms with E-state index >= 15 is 0 Å². The molecule has 1 aliphatic heterocycles. The maximum absolute atomic E-state index is 12.4. The summed E-state index contributed by atoms with van der Waals surface area (Å²) in [5.74, 6) is -0.868. The van der Waals surface area contributed by atoms with Crippen molar-refractivity contribution in [2.24, 2.45) is 16.6 Å². The molecule has 2 heterocycles. The molecule has 1 unspecified atom stereocenters. The van der Waals surface area contributed by atoms with Crippen LogP contribution in [-0.2, 0) is 10.3 Å². The molecule has 2 aromatic rings. The zero-order valence-corrected chi connectivity index (χ0v) is 15.7. The molecule has 2 amide bonds. The van der Waals surface area contributed by atoms with E-state index in [2.05, 4.69) is 20.6 Å². The van der Waals surface area contributed by atoms with E-state index in [1.165, 1.54) is 0 Å². The lowest BCUT2D eigenvalue weighted by atomic mass is 9.76. The van der Waals surface area contributed by atoms with Crippen molar-refractivity contribution < 1.29 is 9.59 Å². The number of carbonyl (C=O) groups excluding carboxylic acids is 2. The number of halogens is 1. The zero-order valence-electron chi connectivity index (χ0n) is 15.0. The molecule has 27 heavy (non-hydrogen) atoms. The Bertz CT molecular complexity index is 930. The fourth-order valence-corrected chi connectivity index (χ4v) is 3.45. The third kappa shape index (κ3) is 3.64. The first-order valence-electron chi connectivity index (χ1n) is 8.56. The topological polar surface area (TPSA) is 109 Å². The summed E-state index contributed by atoms with van der Waals surface area (Å²) in [6, 6.07) is 12.1. The van der Waals surface area contributed by atoms with Crippen molar-refractivity contribution in [3.05, 3.63) is 58.9 Å². The molecule has 8 heteroatoms. The number of amides is 2. The fourth-order valence-electron chi connectivity index (χ4n) is 3.29. The Morgan fingerprint density at radius 1 is 1.33 bits per heavy atom. The number of nitrogens with one attached hydrogen (secondary N) is 2. The molecule has 140 valence electrons. The average molecular weight is 386 g/mol. The van der Waals surface area contributed by atoms with Gasteiger partial charge < -0.3 is 11.1 Å². The second-order valence-electron chi connectivity index (χ2n) is 6.37. The van der Waals surface area contributed by atoms with Gasteiger partial charge in [-0.2, -0.15) is 0 Å². The van der Waals surface area contributed by atoms with E-state index in [1.54, 1.807) is 36.4 Å². The number of guanidine groups is 1. The van der Waals surface area contributed by atoms with E-state index in [4.69, 9.17) is 17.3 Å². The third-order valence-electron chi connectivity index (χ3n) is 4.79. The standard InChI is InChI=1S/C19H20ClN5O2/c1-3-19(11(2)16(26)24-18(21)25-19)12-6-4-7-13(10-12)22-17(27)14-8-5-9-15(20)23-14/h4-11H,3H2,1-2H3,(H,22,27)(H3,21,24,25,26)/t11?,19-/m0/s1. The van der Waals surface area contributed by atoms with Gasteiger partial charge in [-0.25, -0.2) is 9.98 Å². The van der Waals surface area contributed by atoms with Crippen LogP contribution in [0, 0.1) is 5.92 Å². The highest BCUT2D eigenvalue weighted by Gasteiger charge is 2.43. The van der Waals surface area contributed by atoms with Crippen LogP contribution in [0.25, 0.3) is 0 Å². The molecule has 0 saturated carbocycles. The van der Waals surface area contributed by atoms with Crippen LogP contribution < -0.4 is 16.4 Å². The second-order valence-corrected chi connectivity index (χ2v) is 6.75. The summed E-state index contributed by atoms with van der Waals surface area (Å²) in [4.78, 5) is 33.2. The number of hydrogen-bond donors (Lipinski definition) is 3. The minimum absolute atomic E-state index is 0.0949. The summed E-state index contributed by atoms with van der Waals surface area (Å²) in [5.41, 5.74) is 6.60. The van der Waals surface area contributed by atoms with Crippen LogP contribution in [-0.4, -0.2) is 22.8 Å². The summed E-state index contributed by atoms with van der Waals surface area (Å²) in [5, 5.41) is 5.61. The van der Waals surface area contributed by atoms with Gasteiger partial charge in [-0.3, -0.25) is 14.9 Å². The highest BCUT2D eigenvalue weighted by atomic mass is 35.5. The van der Waals surface area contributed by atoms with E-state index in [0.717, 1.165) is 5.56 Å². The third-order valence-corrected chi connectivity index (χ3v) is 5.00. The Kier molecular flexibility index (Phi) is 5.14. The predicted molar refractivity (Wildman–Crippen MR) is 105 cm³/mol. The first-order valence-corrected chi connectivity index (χ1v) is 8.94. The van der Waals surface area contributed by atoms with Gasteiger partial charge in [0.25, 0.3) is 5.91 Å². The molecule has 0 radical (unpaired) electrons. The molecule has 1 aromatic heterocycles. The molecule has 1 aromatic carbocycles. The van der Waals surface area contributed by atoms with Crippen molar-refractivity contribution in [2.75, 3.05) is 5.32 Å². The van der Waals surface area contributed by atoms with E-state index in [9.17, 15) is 9.59 Å². The van der Waals surface area contributed by atoms with Crippen LogP contribution in [0.5, 0.6) is 0 Å². The molecule has 1 aliphatic rings. The molecule has 4 N–H and O–H groups in total. The van der Waals surface area contributed by atoms with Crippen LogP contribution in [0.1, 0.15) is 36.3 Å². The van der Waals surface area contributed by atoms with Crippen LogP contribution in [0.2, 0.25) is 5.15 Å². The van der Waals surface area contributed by atoms with Crippen molar-refractivity contribution >= 4 is 35.1 Å². The number of benzene rings is 1. The molecule has 7 nitrogen and oxygen atoms in total. The van der Waals surface area contributed by atoms with Gasteiger partial charge in [0.05, 0.1) is 5.92 Å².